The summed E-state index contributed by atoms with van der Waals surface area (Å²) in [6.45, 7) is 5.88. The van der Waals surface area contributed by atoms with E-state index in [9.17, 15) is 4.79 Å². The van der Waals surface area contributed by atoms with Gasteiger partial charge in [-0.2, -0.15) is 0 Å². The predicted molar refractivity (Wildman–Crippen MR) is 91.8 cm³/mol. The number of hydrogen-bond acceptors (Lipinski definition) is 3. The van der Waals surface area contributed by atoms with Gasteiger partial charge in [0, 0.05) is 10.7 Å². The first-order valence-electron chi connectivity index (χ1n) is 6.62. The summed E-state index contributed by atoms with van der Waals surface area (Å²) in [4.78, 5) is 16.6. The number of nitrogens with zero attached hydrogens (tertiary/aromatic N) is 1. The summed E-state index contributed by atoms with van der Waals surface area (Å²) in [5.41, 5.74) is 3.04. The van der Waals surface area contributed by atoms with Crippen LogP contribution >= 0.6 is 27.7 Å². The lowest BCUT2D eigenvalue weighted by molar-refractivity contribution is -0.115. The molecular formula is C16H17BrN2OS. The fraction of sp³-hybridized carbons (Fsp3) is 0.250. The molecule has 0 saturated heterocycles. The molecule has 1 unspecified atom stereocenters. The zero-order chi connectivity index (χ0) is 15.4. The van der Waals surface area contributed by atoms with E-state index in [1.165, 1.54) is 11.8 Å². The number of hydrogen-bond donors (Lipinski definition) is 1. The van der Waals surface area contributed by atoms with Gasteiger partial charge in [0.15, 0.2) is 0 Å². The highest BCUT2D eigenvalue weighted by molar-refractivity contribution is 9.10. The van der Waals surface area contributed by atoms with E-state index in [1.54, 1.807) is 0 Å². The SMILES string of the molecule is Cc1ccc(SC(C)C(=O)Nc2ccc(C)cc2Br)nc1. The first kappa shape index (κ1) is 16.0. The molecule has 3 nitrogen and oxygen atoms in total. The lowest BCUT2D eigenvalue weighted by atomic mass is 10.2. The molecule has 0 saturated carbocycles. The van der Waals surface area contributed by atoms with Gasteiger partial charge in [-0.25, -0.2) is 4.98 Å². The van der Waals surface area contributed by atoms with Crippen molar-refractivity contribution in [1.82, 2.24) is 4.98 Å². The van der Waals surface area contributed by atoms with Crippen LogP contribution in [0.3, 0.4) is 0 Å². The van der Waals surface area contributed by atoms with Gasteiger partial charge in [-0.15, -0.1) is 0 Å². The van der Waals surface area contributed by atoms with Gasteiger partial charge < -0.3 is 5.32 Å². The lowest BCUT2D eigenvalue weighted by Crippen LogP contribution is -2.22. The fourth-order valence-corrected chi connectivity index (χ4v) is 3.10. The van der Waals surface area contributed by atoms with Crippen LogP contribution in [0.1, 0.15) is 18.1 Å². The zero-order valence-corrected chi connectivity index (χ0v) is 14.6. The summed E-state index contributed by atoms with van der Waals surface area (Å²) in [5, 5.41) is 3.57. The molecule has 0 spiro atoms. The van der Waals surface area contributed by atoms with Crippen LogP contribution in [-0.4, -0.2) is 16.1 Å². The lowest BCUT2D eigenvalue weighted by Gasteiger charge is -2.13. The van der Waals surface area contributed by atoms with E-state index >= 15 is 0 Å². The molecule has 0 aliphatic heterocycles. The van der Waals surface area contributed by atoms with Gasteiger partial charge in [-0.05, 0) is 66.0 Å². The van der Waals surface area contributed by atoms with Crippen molar-refractivity contribution in [3.05, 3.63) is 52.1 Å². The third-order valence-electron chi connectivity index (χ3n) is 2.93. The van der Waals surface area contributed by atoms with Crippen LogP contribution in [0, 0.1) is 13.8 Å². The van der Waals surface area contributed by atoms with Gasteiger partial charge in [0.25, 0.3) is 0 Å². The van der Waals surface area contributed by atoms with Gasteiger partial charge in [0.05, 0.1) is 16.0 Å². The largest absolute Gasteiger partial charge is 0.324 e. The van der Waals surface area contributed by atoms with E-state index < -0.39 is 0 Å². The summed E-state index contributed by atoms with van der Waals surface area (Å²) in [7, 11) is 0. The fourth-order valence-electron chi connectivity index (χ4n) is 1.71. The number of carbonyl (C=O) groups excluding carboxylic acids is 1. The van der Waals surface area contributed by atoms with E-state index in [-0.39, 0.29) is 11.2 Å². The smallest absolute Gasteiger partial charge is 0.237 e. The third kappa shape index (κ3) is 4.58. The molecule has 1 atom stereocenters. The molecule has 0 radical (unpaired) electrons. The summed E-state index contributed by atoms with van der Waals surface area (Å²) >= 11 is 4.92. The maximum atomic E-state index is 12.2. The average Bonchev–Trinajstić information content (AvgIpc) is 2.44. The number of rotatable bonds is 4. The molecule has 0 bridgehead atoms. The van der Waals surface area contributed by atoms with Crippen LogP contribution in [0.25, 0.3) is 0 Å². The Morgan fingerprint density at radius 3 is 2.57 bits per heavy atom. The topological polar surface area (TPSA) is 42.0 Å². The summed E-state index contributed by atoms with van der Waals surface area (Å²) in [5.74, 6) is -0.0353. The highest BCUT2D eigenvalue weighted by Gasteiger charge is 2.16. The molecule has 1 N–H and O–H groups in total. The van der Waals surface area contributed by atoms with Gasteiger partial charge >= 0.3 is 0 Å². The molecule has 1 aromatic heterocycles. The number of anilines is 1. The number of benzene rings is 1. The molecule has 0 aliphatic carbocycles. The van der Waals surface area contributed by atoms with Crippen molar-refractivity contribution in [2.45, 2.75) is 31.0 Å². The summed E-state index contributed by atoms with van der Waals surface area (Å²) < 4.78 is 0.890. The molecule has 0 fully saturated rings. The molecular weight excluding hydrogens is 348 g/mol. The molecule has 2 aromatic rings. The van der Waals surface area contributed by atoms with E-state index in [0.717, 1.165) is 26.3 Å². The highest BCUT2D eigenvalue weighted by atomic mass is 79.9. The Morgan fingerprint density at radius 2 is 1.95 bits per heavy atom. The monoisotopic (exact) mass is 364 g/mol. The van der Waals surface area contributed by atoms with Crippen LogP contribution in [0.15, 0.2) is 46.0 Å². The second-order valence-corrected chi connectivity index (χ2v) is 7.12. The van der Waals surface area contributed by atoms with E-state index in [1.807, 2.05) is 57.3 Å². The minimum absolute atomic E-state index is 0.0353. The van der Waals surface area contributed by atoms with Crippen LogP contribution < -0.4 is 5.32 Å². The number of aromatic nitrogens is 1. The van der Waals surface area contributed by atoms with Crippen LogP contribution in [-0.2, 0) is 4.79 Å². The standard InChI is InChI=1S/C16H17BrN2OS/c1-10-4-6-14(13(17)8-10)19-16(20)12(3)21-15-7-5-11(2)9-18-15/h4-9,12H,1-3H3,(H,19,20). The number of pyridine rings is 1. The quantitative estimate of drug-likeness (QED) is 0.807. The summed E-state index contributed by atoms with van der Waals surface area (Å²) in [6.07, 6.45) is 1.81. The number of amides is 1. The minimum Gasteiger partial charge on any atom is -0.324 e. The average molecular weight is 365 g/mol. The van der Waals surface area contributed by atoms with E-state index in [0.29, 0.717) is 0 Å². The second-order valence-electron chi connectivity index (χ2n) is 4.91. The molecule has 1 amide bonds. The van der Waals surface area contributed by atoms with E-state index in [4.69, 9.17) is 0 Å². The first-order chi connectivity index (χ1) is 9.95. The number of nitrogens with one attached hydrogen (secondary N) is 1. The van der Waals surface area contributed by atoms with Crippen molar-refractivity contribution in [3.63, 3.8) is 0 Å². The van der Waals surface area contributed by atoms with Crippen LogP contribution in [0.4, 0.5) is 5.69 Å². The number of thioether (sulfide) groups is 1. The molecule has 1 heterocycles. The van der Waals surface area contributed by atoms with Crippen LogP contribution in [0.2, 0.25) is 0 Å². The van der Waals surface area contributed by atoms with Gasteiger partial charge in [-0.3, -0.25) is 4.79 Å². The van der Waals surface area contributed by atoms with Gasteiger partial charge in [0.2, 0.25) is 5.91 Å². The Labute approximate surface area is 137 Å². The van der Waals surface area contributed by atoms with E-state index in [2.05, 4.69) is 26.2 Å². The Balaban J connectivity index is 2.00. The van der Waals surface area contributed by atoms with Crippen molar-refractivity contribution in [3.8, 4) is 0 Å². The van der Waals surface area contributed by atoms with Gasteiger partial charge in [-0.1, -0.05) is 23.9 Å². The van der Waals surface area contributed by atoms with Crippen molar-refractivity contribution in [2.75, 3.05) is 5.32 Å². The first-order valence-corrected chi connectivity index (χ1v) is 8.29. The van der Waals surface area contributed by atoms with Crippen molar-refractivity contribution < 1.29 is 4.79 Å². The molecule has 5 heteroatoms. The normalized spacial score (nSPS) is 12.0. The molecule has 2 rings (SSSR count). The Bertz CT molecular complexity index is 643. The Hall–Kier alpha value is -1.33. The van der Waals surface area contributed by atoms with Crippen LogP contribution in [0.5, 0.6) is 0 Å². The van der Waals surface area contributed by atoms with Crippen molar-refractivity contribution in [1.29, 1.82) is 0 Å². The third-order valence-corrected chi connectivity index (χ3v) is 4.64. The maximum absolute atomic E-state index is 12.2. The zero-order valence-electron chi connectivity index (χ0n) is 12.2. The molecule has 110 valence electrons. The van der Waals surface area contributed by atoms with Crippen molar-refractivity contribution >= 4 is 39.3 Å². The Kier molecular flexibility index (Phi) is 5.42. The number of aryl methyl sites for hydroxylation is 2. The number of halogens is 1. The molecule has 0 aliphatic rings. The Morgan fingerprint density at radius 1 is 1.24 bits per heavy atom. The van der Waals surface area contributed by atoms with Gasteiger partial charge in [0.1, 0.15) is 0 Å². The number of carbonyl (C=O) groups is 1. The molecule has 21 heavy (non-hydrogen) atoms. The summed E-state index contributed by atoms with van der Waals surface area (Å²) in [6, 6.07) is 9.79. The maximum Gasteiger partial charge on any atom is 0.237 e. The highest BCUT2D eigenvalue weighted by Crippen LogP contribution is 2.26. The predicted octanol–water partition coefficient (Wildman–Crippen LogP) is 4.58. The molecule has 1 aromatic carbocycles. The minimum atomic E-state index is -0.214. The van der Waals surface area contributed by atoms with Crippen molar-refractivity contribution in [2.24, 2.45) is 0 Å². The second kappa shape index (κ2) is 7.09.